The highest BCUT2D eigenvalue weighted by Gasteiger charge is 2.50. The van der Waals surface area contributed by atoms with E-state index in [0.717, 1.165) is 12.1 Å². The molecule has 10 heteroatoms. The predicted octanol–water partition coefficient (Wildman–Crippen LogP) is 3.79. The predicted molar refractivity (Wildman–Crippen MR) is 103 cm³/mol. The van der Waals surface area contributed by atoms with Crippen molar-refractivity contribution in [3.63, 3.8) is 0 Å². The van der Waals surface area contributed by atoms with E-state index in [1.165, 1.54) is 24.3 Å². The summed E-state index contributed by atoms with van der Waals surface area (Å²) < 4.78 is 66.0. The summed E-state index contributed by atoms with van der Waals surface area (Å²) in [6.07, 6.45) is 0.351. The van der Waals surface area contributed by atoms with Crippen molar-refractivity contribution in [1.29, 1.82) is 0 Å². The van der Waals surface area contributed by atoms with Crippen molar-refractivity contribution < 1.29 is 31.5 Å². The van der Waals surface area contributed by atoms with Gasteiger partial charge in [0.05, 0.1) is 17.1 Å². The second-order valence-corrected chi connectivity index (χ2v) is 9.34. The van der Waals surface area contributed by atoms with E-state index >= 15 is 0 Å². The maximum absolute atomic E-state index is 14.7. The minimum Gasteiger partial charge on any atom is -0.482 e. The average Bonchev–Trinajstić information content (AvgIpc) is 3.13. The zero-order valence-corrected chi connectivity index (χ0v) is 16.9. The maximum Gasteiger partial charge on any atom is 0.327 e. The lowest BCUT2D eigenvalue weighted by Crippen LogP contribution is -2.35. The van der Waals surface area contributed by atoms with E-state index in [-0.39, 0.29) is 18.1 Å². The number of benzene rings is 2. The number of halogens is 3. The first-order valence-electron chi connectivity index (χ1n) is 9.01. The van der Waals surface area contributed by atoms with Crippen LogP contribution in [0.15, 0.2) is 41.3 Å². The van der Waals surface area contributed by atoms with E-state index in [1.54, 1.807) is 0 Å². The molecule has 30 heavy (non-hydrogen) atoms. The summed E-state index contributed by atoms with van der Waals surface area (Å²) in [4.78, 5) is 15.6. The smallest absolute Gasteiger partial charge is 0.327 e. The minimum absolute atomic E-state index is 0.131. The Hall–Kier alpha value is -2.70. The number of hydrogen-bond donors (Lipinski definition) is 0. The third-order valence-corrected chi connectivity index (χ3v) is 7.33. The van der Waals surface area contributed by atoms with Gasteiger partial charge in [-0.3, -0.25) is 4.79 Å². The van der Waals surface area contributed by atoms with Gasteiger partial charge in [-0.2, -0.15) is 0 Å². The average molecular weight is 455 g/mol. The Morgan fingerprint density at radius 3 is 2.43 bits per heavy atom. The summed E-state index contributed by atoms with van der Waals surface area (Å²) in [5, 5.41) is -1.26. The van der Waals surface area contributed by atoms with Crippen molar-refractivity contribution in [3.8, 4) is 11.8 Å². The molecule has 0 bridgehead atoms. The number of carbonyl (C=O) groups is 1. The lowest BCUT2D eigenvalue weighted by atomic mass is 10.0. The third kappa shape index (κ3) is 3.61. The van der Waals surface area contributed by atoms with Gasteiger partial charge in [0.25, 0.3) is 6.07 Å². The maximum atomic E-state index is 14.7. The molecule has 1 fully saturated rings. The number of carbonyl (C=O) groups excluding carboxylic acids is 1. The van der Waals surface area contributed by atoms with E-state index in [2.05, 4.69) is 10.9 Å². The Balaban J connectivity index is 1.85. The molecule has 2 aliphatic heterocycles. The first-order valence-corrected chi connectivity index (χ1v) is 10.9. The van der Waals surface area contributed by atoms with Crippen LogP contribution >= 0.6 is 11.6 Å². The fourth-order valence-electron chi connectivity index (χ4n) is 3.45. The van der Waals surface area contributed by atoms with Gasteiger partial charge in [-0.25, -0.2) is 17.2 Å². The van der Waals surface area contributed by atoms with Crippen LogP contribution in [0.5, 0.6) is 5.75 Å². The quantitative estimate of drug-likeness (QED) is 0.645. The number of ether oxygens (including phenoxy) is 2. The molecule has 1 unspecified atom stereocenters. The van der Waals surface area contributed by atoms with Crippen LogP contribution in [0, 0.1) is 23.6 Å². The van der Waals surface area contributed by atoms with Crippen molar-refractivity contribution in [3.05, 3.63) is 63.5 Å². The molecule has 0 aliphatic carbocycles. The van der Waals surface area contributed by atoms with Crippen LogP contribution in [0.4, 0.5) is 8.78 Å². The number of hydrogen-bond acceptors (Lipinski definition) is 5. The van der Waals surface area contributed by atoms with Crippen LogP contribution in [0.3, 0.4) is 0 Å². The Morgan fingerprint density at radius 1 is 1.07 bits per heavy atom. The van der Waals surface area contributed by atoms with Crippen molar-refractivity contribution in [2.75, 3.05) is 13.2 Å². The van der Waals surface area contributed by atoms with Gasteiger partial charge in [-0.05, 0) is 36.4 Å². The lowest BCUT2D eigenvalue weighted by molar-refractivity contribution is -0.139. The van der Waals surface area contributed by atoms with Crippen LogP contribution in [0.25, 0.3) is 4.85 Å². The number of nitrogens with zero attached hydrogens (tertiary/aromatic N) is 1. The first-order chi connectivity index (χ1) is 14.3. The third-order valence-electron chi connectivity index (χ3n) is 4.94. The fourth-order valence-corrected chi connectivity index (χ4v) is 5.46. The number of sulfone groups is 1. The Morgan fingerprint density at radius 2 is 1.77 bits per heavy atom. The molecule has 156 valence electrons. The minimum atomic E-state index is -4.24. The van der Waals surface area contributed by atoms with Gasteiger partial charge >= 0.3 is 12.0 Å². The Kier molecular flexibility index (Phi) is 5.38. The highest BCUT2D eigenvalue weighted by atomic mass is 35.5. The van der Waals surface area contributed by atoms with E-state index in [1.807, 2.05) is 0 Å². The molecule has 2 aromatic carbocycles. The van der Waals surface area contributed by atoms with Crippen LogP contribution < -0.4 is 4.74 Å². The molecule has 1 saturated heterocycles. The molecule has 0 spiro atoms. The zero-order valence-electron chi connectivity index (χ0n) is 15.3. The van der Waals surface area contributed by atoms with E-state index in [4.69, 9.17) is 21.1 Å². The topological polar surface area (TPSA) is 74.0 Å². The van der Waals surface area contributed by atoms with Crippen LogP contribution in [0.1, 0.15) is 17.2 Å². The molecule has 6 nitrogen and oxygen atoms in total. The highest BCUT2D eigenvalue weighted by molar-refractivity contribution is 7.91. The molecular formula is C20H15ClF2NO5S+. The molecule has 0 radical (unpaired) electrons. The van der Waals surface area contributed by atoms with Crippen LogP contribution in [-0.2, 0) is 19.4 Å². The normalized spacial score (nSPS) is 23.0. The molecule has 4 rings (SSSR count). The summed E-state index contributed by atoms with van der Waals surface area (Å²) in [6, 6.07) is 8.48. The number of rotatable bonds is 2. The Bertz CT molecular complexity index is 1170. The van der Waals surface area contributed by atoms with Crippen molar-refractivity contribution in [1.82, 2.24) is 0 Å². The molecule has 0 N–H and O–H groups in total. The monoisotopic (exact) mass is 454 g/mol. The second-order valence-electron chi connectivity index (χ2n) is 6.84. The molecule has 0 saturated carbocycles. The van der Waals surface area contributed by atoms with Gasteiger partial charge in [0.1, 0.15) is 5.82 Å². The molecule has 2 aromatic rings. The summed E-state index contributed by atoms with van der Waals surface area (Å²) in [5.41, 5.74) is -0.444. The fraction of sp³-hybridized carbons (Fsp3) is 0.300. The summed E-state index contributed by atoms with van der Waals surface area (Å²) in [5.74, 6) is -3.56. The van der Waals surface area contributed by atoms with Crippen molar-refractivity contribution >= 4 is 27.4 Å². The summed E-state index contributed by atoms with van der Waals surface area (Å²) in [6.45, 7) is -0.123. The molecule has 2 heterocycles. The number of fused-ring (bicyclic) bond motifs is 1. The molecule has 0 amide bonds. The van der Waals surface area contributed by atoms with Gasteiger partial charge in [0.15, 0.2) is 39.2 Å². The van der Waals surface area contributed by atoms with Gasteiger partial charge in [-0.15, -0.1) is 0 Å². The van der Waals surface area contributed by atoms with E-state index in [0.29, 0.717) is 11.4 Å². The lowest BCUT2D eigenvalue weighted by Gasteiger charge is -2.26. The summed E-state index contributed by atoms with van der Waals surface area (Å²) >= 11 is 5.84. The van der Waals surface area contributed by atoms with Gasteiger partial charge < -0.3 is 9.47 Å². The second kappa shape index (κ2) is 7.85. The van der Waals surface area contributed by atoms with Crippen molar-refractivity contribution in [2.24, 2.45) is 5.92 Å². The highest BCUT2D eigenvalue weighted by Crippen LogP contribution is 2.44. The molecule has 3 atom stereocenters. The van der Waals surface area contributed by atoms with Crippen molar-refractivity contribution in [2.45, 2.75) is 22.6 Å². The Labute approximate surface area is 176 Å². The molecule has 0 aromatic heterocycles. The SMILES string of the molecule is O=C1OCCC1C#[N+][C@H]1COc2c(F)ccc(F)c2[C@@H]1S(=O)(=O)c1ccc(Cl)cc1. The van der Waals surface area contributed by atoms with Crippen LogP contribution in [0.2, 0.25) is 5.02 Å². The number of esters is 1. The van der Waals surface area contributed by atoms with E-state index < -0.39 is 56.0 Å². The largest absolute Gasteiger partial charge is 0.482 e. The summed E-state index contributed by atoms with van der Waals surface area (Å²) in [7, 11) is -4.24. The number of cyclic esters (lactones) is 1. The van der Waals surface area contributed by atoms with Crippen LogP contribution in [-0.4, -0.2) is 33.6 Å². The van der Waals surface area contributed by atoms with Gasteiger partial charge in [-0.1, -0.05) is 16.4 Å². The van der Waals surface area contributed by atoms with Gasteiger partial charge in [0.2, 0.25) is 0 Å². The van der Waals surface area contributed by atoms with E-state index in [9.17, 15) is 22.0 Å². The molecule has 2 aliphatic rings. The zero-order chi connectivity index (χ0) is 21.5. The first kappa shape index (κ1) is 20.6. The van der Waals surface area contributed by atoms with Gasteiger partial charge in [0, 0.05) is 11.4 Å². The standard InChI is InChI=1S/C20H15ClF2NO5S/c21-12-1-3-13(4-2-12)30(26,27)19-16(24-9-11-7-8-28-20(11)25)10-29-18-15(23)6-5-14(22)17(18)19/h1-6,11,16,19H,7-8,10H2/q+1/t11?,16-,19+/m0/s1. The molecular weight excluding hydrogens is 440 g/mol.